The topological polar surface area (TPSA) is 92.9 Å². The number of carboxylic acids is 1. The van der Waals surface area contributed by atoms with Crippen LogP contribution in [0.25, 0.3) is 0 Å². The van der Waals surface area contributed by atoms with Gasteiger partial charge >= 0.3 is 5.97 Å². The highest BCUT2D eigenvalue weighted by molar-refractivity contribution is 5.94. The van der Waals surface area contributed by atoms with Crippen molar-refractivity contribution in [1.29, 1.82) is 0 Å². The Balaban J connectivity index is 2.17. The summed E-state index contributed by atoms with van der Waals surface area (Å²) in [5, 5.41) is 13.1. The Morgan fingerprint density at radius 3 is 2.81 bits per heavy atom. The molecule has 0 aliphatic carbocycles. The molecular formula is C14H20N2O5. The third-order valence-corrected chi connectivity index (χ3v) is 3.82. The number of amides is 1. The summed E-state index contributed by atoms with van der Waals surface area (Å²) in [4.78, 5) is 24.9. The normalized spacial score (nSPS) is 19.0. The number of morpholine rings is 1. The molecule has 1 amide bonds. The predicted molar refractivity (Wildman–Crippen MR) is 73.1 cm³/mol. The lowest BCUT2D eigenvalue weighted by Gasteiger charge is -2.31. The Labute approximate surface area is 122 Å². The number of carbonyl (C=O) groups excluding carboxylic acids is 1. The van der Waals surface area contributed by atoms with Crippen LogP contribution in [0.5, 0.6) is 0 Å². The van der Waals surface area contributed by atoms with Crippen LogP contribution in [0.15, 0.2) is 10.6 Å². The van der Waals surface area contributed by atoms with E-state index in [9.17, 15) is 9.59 Å². The first kappa shape index (κ1) is 15.5. The highest BCUT2D eigenvalue weighted by atomic mass is 16.5. The zero-order valence-electron chi connectivity index (χ0n) is 12.2. The van der Waals surface area contributed by atoms with E-state index in [4.69, 9.17) is 14.4 Å². The van der Waals surface area contributed by atoms with Gasteiger partial charge in [0.15, 0.2) is 6.04 Å². The molecule has 1 saturated heterocycles. The first-order chi connectivity index (χ1) is 10.1. The van der Waals surface area contributed by atoms with Gasteiger partial charge in [0.25, 0.3) is 5.91 Å². The molecule has 1 aliphatic heterocycles. The van der Waals surface area contributed by atoms with E-state index in [1.165, 1.54) is 4.90 Å². The summed E-state index contributed by atoms with van der Waals surface area (Å²) in [7, 11) is 0. The lowest BCUT2D eigenvalue weighted by atomic mass is 9.99. The first-order valence-electron chi connectivity index (χ1n) is 7.16. The lowest BCUT2D eigenvalue weighted by Crippen LogP contribution is -2.52. The lowest BCUT2D eigenvalue weighted by molar-refractivity contribution is -0.147. The van der Waals surface area contributed by atoms with Gasteiger partial charge in [-0.3, -0.25) is 4.79 Å². The summed E-state index contributed by atoms with van der Waals surface area (Å²) in [6.45, 7) is 4.65. The van der Waals surface area contributed by atoms with Gasteiger partial charge in [0.2, 0.25) is 5.76 Å². The minimum atomic E-state index is -1.08. The van der Waals surface area contributed by atoms with Crippen molar-refractivity contribution in [3.05, 3.63) is 17.5 Å². The SMILES string of the molecule is CCC(CC)c1cc(C(=O)N2CCOC[C@@H]2C(=O)O)on1. The molecule has 0 unspecified atom stereocenters. The smallest absolute Gasteiger partial charge is 0.328 e. The van der Waals surface area contributed by atoms with E-state index in [1.807, 2.05) is 13.8 Å². The van der Waals surface area contributed by atoms with E-state index in [2.05, 4.69) is 5.16 Å². The average Bonchev–Trinajstić information content (AvgIpc) is 2.97. The summed E-state index contributed by atoms with van der Waals surface area (Å²) in [6, 6.07) is 0.641. The Bertz CT molecular complexity index is 509. The highest BCUT2D eigenvalue weighted by Crippen LogP contribution is 2.23. The van der Waals surface area contributed by atoms with Crippen molar-refractivity contribution >= 4 is 11.9 Å². The predicted octanol–water partition coefficient (Wildman–Crippen LogP) is 1.50. The van der Waals surface area contributed by atoms with Crippen LogP contribution in [0.1, 0.15) is 48.9 Å². The second-order valence-electron chi connectivity index (χ2n) is 5.06. The van der Waals surface area contributed by atoms with Crippen molar-refractivity contribution in [1.82, 2.24) is 10.1 Å². The minimum Gasteiger partial charge on any atom is -0.480 e. The monoisotopic (exact) mass is 296 g/mol. The number of ether oxygens (including phenoxy) is 1. The zero-order chi connectivity index (χ0) is 15.4. The van der Waals surface area contributed by atoms with Crippen molar-refractivity contribution in [2.45, 2.75) is 38.6 Å². The van der Waals surface area contributed by atoms with E-state index in [-0.39, 0.29) is 24.8 Å². The number of rotatable bonds is 5. The van der Waals surface area contributed by atoms with Crippen molar-refractivity contribution in [3.8, 4) is 0 Å². The molecule has 0 spiro atoms. The van der Waals surface area contributed by atoms with Gasteiger partial charge in [0, 0.05) is 18.5 Å². The van der Waals surface area contributed by atoms with Crippen molar-refractivity contribution in [2.75, 3.05) is 19.8 Å². The van der Waals surface area contributed by atoms with Crippen LogP contribution in [-0.4, -0.2) is 52.8 Å². The van der Waals surface area contributed by atoms with Crippen LogP contribution < -0.4 is 0 Å². The molecule has 1 fully saturated rings. The average molecular weight is 296 g/mol. The maximum absolute atomic E-state index is 12.4. The third kappa shape index (κ3) is 3.24. The summed E-state index contributed by atoms with van der Waals surface area (Å²) in [5.74, 6) is -1.20. The number of hydrogen-bond donors (Lipinski definition) is 1. The third-order valence-electron chi connectivity index (χ3n) is 3.82. The number of nitrogens with zero attached hydrogens (tertiary/aromatic N) is 2. The van der Waals surface area contributed by atoms with Crippen LogP contribution >= 0.6 is 0 Å². The molecule has 1 aromatic heterocycles. The maximum Gasteiger partial charge on any atom is 0.328 e. The Hall–Kier alpha value is -1.89. The van der Waals surface area contributed by atoms with Gasteiger partial charge < -0.3 is 19.3 Å². The van der Waals surface area contributed by atoms with Crippen LogP contribution in [-0.2, 0) is 9.53 Å². The first-order valence-corrected chi connectivity index (χ1v) is 7.16. The van der Waals surface area contributed by atoms with Crippen molar-refractivity contribution in [2.24, 2.45) is 0 Å². The van der Waals surface area contributed by atoms with Crippen molar-refractivity contribution in [3.63, 3.8) is 0 Å². The van der Waals surface area contributed by atoms with E-state index in [1.54, 1.807) is 6.07 Å². The second kappa shape index (κ2) is 6.71. The van der Waals surface area contributed by atoms with Crippen LogP contribution in [0.3, 0.4) is 0 Å². The Morgan fingerprint density at radius 2 is 2.19 bits per heavy atom. The minimum absolute atomic E-state index is 0.00534. The molecule has 2 heterocycles. The number of aliphatic carboxylic acids is 1. The fourth-order valence-electron chi connectivity index (χ4n) is 2.48. The van der Waals surface area contributed by atoms with Gasteiger partial charge in [-0.25, -0.2) is 4.79 Å². The summed E-state index contributed by atoms with van der Waals surface area (Å²) in [6.07, 6.45) is 1.82. The summed E-state index contributed by atoms with van der Waals surface area (Å²) in [5.41, 5.74) is 0.739. The molecule has 116 valence electrons. The fourth-order valence-corrected chi connectivity index (χ4v) is 2.48. The van der Waals surface area contributed by atoms with E-state index in [0.717, 1.165) is 18.5 Å². The largest absolute Gasteiger partial charge is 0.480 e. The van der Waals surface area contributed by atoms with Crippen LogP contribution in [0.4, 0.5) is 0 Å². The fraction of sp³-hybridized carbons (Fsp3) is 0.643. The molecular weight excluding hydrogens is 276 g/mol. The summed E-state index contributed by atoms with van der Waals surface area (Å²) < 4.78 is 10.2. The molecule has 21 heavy (non-hydrogen) atoms. The molecule has 0 saturated carbocycles. The molecule has 0 radical (unpaired) electrons. The van der Waals surface area contributed by atoms with E-state index < -0.39 is 17.9 Å². The van der Waals surface area contributed by atoms with Gasteiger partial charge in [-0.2, -0.15) is 0 Å². The number of carboxylic acid groups (broad SMARTS) is 1. The zero-order valence-corrected chi connectivity index (χ0v) is 12.2. The van der Waals surface area contributed by atoms with E-state index >= 15 is 0 Å². The maximum atomic E-state index is 12.4. The molecule has 1 N–H and O–H groups in total. The van der Waals surface area contributed by atoms with Gasteiger partial charge in [-0.15, -0.1) is 0 Å². The highest BCUT2D eigenvalue weighted by Gasteiger charge is 2.35. The Kier molecular flexibility index (Phi) is 4.95. The molecule has 7 nitrogen and oxygen atoms in total. The van der Waals surface area contributed by atoms with Gasteiger partial charge in [-0.1, -0.05) is 19.0 Å². The number of aromatic nitrogens is 1. The Morgan fingerprint density at radius 1 is 1.48 bits per heavy atom. The van der Waals surface area contributed by atoms with Gasteiger partial charge in [0.05, 0.1) is 18.9 Å². The van der Waals surface area contributed by atoms with Gasteiger partial charge in [-0.05, 0) is 12.8 Å². The molecule has 0 aromatic carbocycles. The number of carbonyl (C=O) groups is 2. The van der Waals surface area contributed by atoms with Crippen LogP contribution in [0.2, 0.25) is 0 Å². The number of hydrogen-bond acceptors (Lipinski definition) is 5. The molecule has 1 atom stereocenters. The standard InChI is InChI=1S/C14H20N2O5/c1-3-9(4-2)10-7-12(21-15-10)13(17)16-5-6-20-8-11(16)14(18)19/h7,9,11H,3-6,8H2,1-2H3,(H,18,19)/t11-/m1/s1. The van der Waals surface area contributed by atoms with Gasteiger partial charge in [0.1, 0.15) is 0 Å². The molecule has 2 rings (SSSR count). The summed E-state index contributed by atoms with van der Waals surface area (Å²) >= 11 is 0. The molecule has 0 bridgehead atoms. The second-order valence-corrected chi connectivity index (χ2v) is 5.06. The van der Waals surface area contributed by atoms with Crippen molar-refractivity contribution < 1.29 is 24.0 Å². The quantitative estimate of drug-likeness (QED) is 0.885. The van der Waals surface area contributed by atoms with E-state index in [0.29, 0.717) is 6.61 Å². The molecule has 1 aliphatic rings. The molecule has 1 aromatic rings. The van der Waals surface area contributed by atoms with Crippen LogP contribution in [0, 0.1) is 0 Å². The molecule has 7 heteroatoms.